The molecule has 1 atom stereocenters. The summed E-state index contributed by atoms with van der Waals surface area (Å²) < 4.78 is 0. The van der Waals surface area contributed by atoms with Crippen LogP contribution in [0.3, 0.4) is 0 Å². The van der Waals surface area contributed by atoms with E-state index in [9.17, 15) is 0 Å². The summed E-state index contributed by atoms with van der Waals surface area (Å²) in [6.07, 6.45) is 4.93. The highest BCUT2D eigenvalue weighted by Gasteiger charge is 2.18. The lowest BCUT2D eigenvalue weighted by Gasteiger charge is -2.21. The van der Waals surface area contributed by atoms with Gasteiger partial charge in [-0.25, -0.2) is 0 Å². The molecule has 0 saturated carbocycles. The number of pyridine rings is 1. The van der Waals surface area contributed by atoms with E-state index in [0.29, 0.717) is 5.92 Å². The van der Waals surface area contributed by atoms with Gasteiger partial charge in [-0.15, -0.1) is 0 Å². The van der Waals surface area contributed by atoms with Crippen LogP contribution in [0.1, 0.15) is 40.7 Å². The van der Waals surface area contributed by atoms with Crippen molar-refractivity contribution in [3.8, 4) is 0 Å². The fourth-order valence-electron chi connectivity index (χ4n) is 3.19. The van der Waals surface area contributed by atoms with E-state index in [-0.39, 0.29) is 0 Å². The Hall–Kier alpha value is -2.06. The van der Waals surface area contributed by atoms with E-state index >= 15 is 0 Å². The van der Waals surface area contributed by atoms with Crippen molar-refractivity contribution < 1.29 is 0 Å². The number of aryl methyl sites for hydroxylation is 1. The van der Waals surface area contributed by atoms with Gasteiger partial charge in [0.2, 0.25) is 0 Å². The monoisotopic (exact) mass is 317 g/mol. The zero-order chi connectivity index (χ0) is 15.8. The molecule has 0 N–H and O–H groups in total. The molecule has 1 aliphatic heterocycles. The van der Waals surface area contributed by atoms with Crippen molar-refractivity contribution in [2.75, 3.05) is 0 Å². The molecule has 0 amide bonds. The number of aromatic nitrogens is 1. The van der Waals surface area contributed by atoms with Crippen molar-refractivity contribution in [2.45, 2.75) is 36.0 Å². The molecule has 0 fully saturated rings. The molecule has 2 heteroatoms. The molecule has 4 rings (SSSR count). The van der Waals surface area contributed by atoms with Crippen LogP contribution in [0, 0.1) is 6.92 Å². The molecule has 1 unspecified atom stereocenters. The highest BCUT2D eigenvalue weighted by molar-refractivity contribution is 7.99. The van der Waals surface area contributed by atoms with Crippen LogP contribution < -0.4 is 0 Å². The predicted octanol–water partition coefficient (Wildman–Crippen LogP) is 5.60. The van der Waals surface area contributed by atoms with E-state index in [2.05, 4.69) is 67.4 Å². The summed E-state index contributed by atoms with van der Waals surface area (Å²) in [7, 11) is 0. The van der Waals surface area contributed by atoms with Crippen molar-refractivity contribution >= 4 is 11.8 Å². The first-order chi connectivity index (χ1) is 11.2. The van der Waals surface area contributed by atoms with Gasteiger partial charge < -0.3 is 0 Å². The summed E-state index contributed by atoms with van der Waals surface area (Å²) in [6.45, 7) is 4.37. The summed E-state index contributed by atoms with van der Waals surface area (Å²) in [5, 5.41) is 0. The van der Waals surface area contributed by atoms with Gasteiger partial charge in [-0.3, -0.25) is 4.98 Å². The van der Waals surface area contributed by atoms with Gasteiger partial charge in [-0.1, -0.05) is 55.1 Å². The van der Waals surface area contributed by atoms with E-state index in [0.717, 1.165) is 6.42 Å². The predicted molar refractivity (Wildman–Crippen MR) is 96.3 cm³/mol. The molecule has 0 spiro atoms. The third-order valence-electron chi connectivity index (χ3n) is 4.55. The van der Waals surface area contributed by atoms with Gasteiger partial charge in [0.05, 0.1) is 0 Å². The van der Waals surface area contributed by atoms with Gasteiger partial charge in [0.1, 0.15) is 0 Å². The zero-order valence-electron chi connectivity index (χ0n) is 13.4. The Kier molecular flexibility index (Phi) is 3.70. The summed E-state index contributed by atoms with van der Waals surface area (Å²) in [5.41, 5.74) is 6.76. The van der Waals surface area contributed by atoms with Crippen LogP contribution in [-0.4, -0.2) is 4.98 Å². The topological polar surface area (TPSA) is 12.9 Å². The third-order valence-corrected chi connectivity index (χ3v) is 5.79. The van der Waals surface area contributed by atoms with Crippen molar-refractivity contribution in [3.05, 3.63) is 88.7 Å². The first kappa shape index (κ1) is 14.5. The highest BCUT2D eigenvalue weighted by atomic mass is 32.2. The Bertz CT molecular complexity index is 869. The quantitative estimate of drug-likeness (QED) is 0.477. The van der Waals surface area contributed by atoms with E-state index < -0.39 is 0 Å². The van der Waals surface area contributed by atoms with Crippen LogP contribution >= 0.6 is 11.8 Å². The molecule has 1 aromatic heterocycles. The van der Waals surface area contributed by atoms with Crippen LogP contribution in [-0.2, 0) is 6.42 Å². The number of fused-ring (bicyclic) bond motifs is 2. The molecule has 3 aromatic rings. The molecule has 0 radical (unpaired) electrons. The molecule has 0 saturated heterocycles. The van der Waals surface area contributed by atoms with Gasteiger partial charge in [-0.05, 0) is 53.3 Å². The first-order valence-corrected chi connectivity index (χ1v) is 8.82. The normalized spacial score (nSPS) is 14.0. The van der Waals surface area contributed by atoms with Gasteiger partial charge in [0.15, 0.2) is 0 Å². The van der Waals surface area contributed by atoms with E-state index in [1.807, 2.05) is 24.2 Å². The first-order valence-electron chi connectivity index (χ1n) is 8.01. The average molecular weight is 317 g/mol. The van der Waals surface area contributed by atoms with E-state index in [4.69, 9.17) is 0 Å². The molecule has 2 heterocycles. The number of nitrogens with zero attached hydrogens (tertiary/aromatic N) is 1. The fourth-order valence-corrected chi connectivity index (χ4v) is 4.24. The average Bonchev–Trinajstić information content (AvgIpc) is 2.59. The maximum Gasteiger partial charge on any atom is 0.0306 e. The Morgan fingerprint density at radius 2 is 1.74 bits per heavy atom. The minimum Gasteiger partial charge on any atom is -0.264 e. The minimum atomic E-state index is 0.370. The molecule has 23 heavy (non-hydrogen) atoms. The molecule has 1 nitrogen and oxygen atoms in total. The third kappa shape index (κ3) is 2.79. The second-order valence-corrected chi connectivity index (χ2v) is 7.35. The van der Waals surface area contributed by atoms with E-state index in [1.165, 1.54) is 37.6 Å². The molecule has 114 valence electrons. The van der Waals surface area contributed by atoms with Crippen LogP contribution in [0.2, 0.25) is 0 Å². The van der Waals surface area contributed by atoms with Crippen LogP contribution in [0.4, 0.5) is 0 Å². The fraction of sp³-hybridized carbons (Fsp3) is 0.190. The van der Waals surface area contributed by atoms with Crippen molar-refractivity contribution in [1.29, 1.82) is 0 Å². The standard InChI is InChI=1S/C21H19NS/c1-14-9-19(13-22-12-14)15(2)16-7-8-21-18(10-16)11-17-5-3-4-6-20(17)23-21/h3-10,12-13,15H,11H2,1-2H3. The number of hydrogen-bond acceptors (Lipinski definition) is 2. The Labute approximate surface area is 141 Å². The number of benzene rings is 2. The summed E-state index contributed by atoms with van der Waals surface area (Å²) >= 11 is 1.89. The lowest BCUT2D eigenvalue weighted by molar-refractivity contribution is 0.896. The molecular weight excluding hydrogens is 298 g/mol. The molecule has 2 aromatic carbocycles. The maximum absolute atomic E-state index is 4.34. The molecule has 1 aliphatic rings. The number of hydrogen-bond donors (Lipinski definition) is 0. The summed E-state index contributed by atoms with van der Waals surface area (Å²) in [4.78, 5) is 7.13. The molecule has 0 aliphatic carbocycles. The van der Waals surface area contributed by atoms with Crippen LogP contribution in [0.15, 0.2) is 70.7 Å². The largest absolute Gasteiger partial charge is 0.264 e. The summed E-state index contributed by atoms with van der Waals surface area (Å²) in [6, 6.07) is 17.9. The van der Waals surface area contributed by atoms with E-state index in [1.54, 1.807) is 0 Å². The minimum absolute atomic E-state index is 0.370. The Morgan fingerprint density at radius 3 is 2.61 bits per heavy atom. The van der Waals surface area contributed by atoms with Gasteiger partial charge >= 0.3 is 0 Å². The maximum atomic E-state index is 4.34. The van der Waals surface area contributed by atoms with Gasteiger partial charge in [0.25, 0.3) is 0 Å². The molecular formula is C21H19NS. The Morgan fingerprint density at radius 1 is 0.913 bits per heavy atom. The second-order valence-electron chi connectivity index (χ2n) is 6.27. The lowest BCUT2D eigenvalue weighted by Crippen LogP contribution is -2.03. The lowest BCUT2D eigenvalue weighted by atomic mass is 9.91. The Balaban J connectivity index is 1.68. The summed E-state index contributed by atoms with van der Waals surface area (Å²) in [5.74, 6) is 0.370. The SMILES string of the molecule is Cc1cncc(C(C)c2ccc3c(c2)Cc2ccccc2S3)c1. The highest BCUT2D eigenvalue weighted by Crippen LogP contribution is 2.40. The van der Waals surface area contributed by atoms with Crippen molar-refractivity contribution in [1.82, 2.24) is 4.98 Å². The zero-order valence-corrected chi connectivity index (χ0v) is 14.2. The van der Waals surface area contributed by atoms with Crippen molar-refractivity contribution in [3.63, 3.8) is 0 Å². The second kappa shape index (κ2) is 5.86. The number of rotatable bonds is 2. The smallest absolute Gasteiger partial charge is 0.0306 e. The van der Waals surface area contributed by atoms with Crippen LogP contribution in [0.5, 0.6) is 0 Å². The van der Waals surface area contributed by atoms with Gasteiger partial charge in [-0.2, -0.15) is 0 Å². The molecule has 0 bridgehead atoms. The van der Waals surface area contributed by atoms with Crippen molar-refractivity contribution in [2.24, 2.45) is 0 Å². The van der Waals surface area contributed by atoms with Crippen LogP contribution in [0.25, 0.3) is 0 Å². The van der Waals surface area contributed by atoms with Gasteiger partial charge in [0, 0.05) is 28.1 Å².